The van der Waals surface area contributed by atoms with E-state index in [9.17, 15) is 0 Å². The molecule has 1 saturated heterocycles. The molecular weight excluding hydrogens is 248 g/mol. The minimum absolute atomic E-state index is 0.167. The molecule has 2 aromatic rings. The molecule has 2 unspecified atom stereocenters. The molecule has 3 nitrogen and oxygen atoms in total. The summed E-state index contributed by atoms with van der Waals surface area (Å²) >= 11 is 0. The fraction of sp³-hybridized carbons (Fsp3) is 0.412. The molecule has 4 atom stereocenters. The van der Waals surface area contributed by atoms with Crippen LogP contribution in [0, 0.1) is 17.8 Å². The summed E-state index contributed by atoms with van der Waals surface area (Å²) in [6, 6.07) is 14.7. The molecule has 1 aromatic carbocycles. The number of hydrogen-bond acceptors (Lipinski definition) is 3. The summed E-state index contributed by atoms with van der Waals surface area (Å²) in [5, 5.41) is 7.16. The van der Waals surface area contributed by atoms with Gasteiger partial charge in [0.05, 0.1) is 12.3 Å². The highest BCUT2D eigenvalue weighted by atomic mass is 16.3. The maximum atomic E-state index is 5.62. The molecule has 0 amide bonds. The summed E-state index contributed by atoms with van der Waals surface area (Å²) in [4.78, 5) is 0. The highest BCUT2D eigenvalue weighted by Crippen LogP contribution is 2.48. The van der Waals surface area contributed by atoms with Gasteiger partial charge >= 0.3 is 0 Å². The van der Waals surface area contributed by atoms with Crippen LogP contribution in [0.4, 0.5) is 0 Å². The molecule has 0 radical (unpaired) electrons. The lowest BCUT2D eigenvalue weighted by Gasteiger charge is -2.18. The Morgan fingerprint density at radius 2 is 1.90 bits per heavy atom. The van der Waals surface area contributed by atoms with E-state index in [1.165, 1.54) is 18.7 Å². The molecular formula is C17H20N2O. The molecule has 1 aliphatic carbocycles. The van der Waals surface area contributed by atoms with Crippen LogP contribution in [0.1, 0.15) is 17.4 Å². The summed E-state index contributed by atoms with van der Waals surface area (Å²) in [6.45, 7) is 3.48. The van der Waals surface area contributed by atoms with Crippen molar-refractivity contribution in [2.75, 3.05) is 19.6 Å². The molecule has 4 rings (SSSR count). The zero-order valence-electron chi connectivity index (χ0n) is 11.5. The van der Waals surface area contributed by atoms with Gasteiger partial charge in [-0.1, -0.05) is 30.3 Å². The molecule has 0 spiro atoms. The van der Waals surface area contributed by atoms with Crippen molar-refractivity contribution < 1.29 is 4.42 Å². The van der Waals surface area contributed by atoms with Gasteiger partial charge in [-0.25, -0.2) is 0 Å². The van der Waals surface area contributed by atoms with Crippen LogP contribution < -0.4 is 10.6 Å². The molecule has 2 fully saturated rings. The van der Waals surface area contributed by atoms with Gasteiger partial charge in [0, 0.05) is 0 Å². The van der Waals surface area contributed by atoms with Gasteiger partial charge in [0.25, 0.3) is 0 Å². The standard InChI is InChI=1S/C17H20N2O/c1-2-5-12(6-3-1)17(16-7-4-8-20-16)19-11-15-13-9-18-10-14(13)15/h1-8,13-15,17-19H,9-11H2/t13-,14+,15?,17?. The second-order valence-corrected chi connectivity index (χ2v) is 5.92. The molecule has 2 N–H and O–H groups in total. The van der Waals surface area contributed by atoms with Crippen LogP contribution >= 0.6 is 0 Å². The van der Waals surface area contributed by atoms with E-state index in [-0.39, 0.29) is 6.04 Å². The minimum atomic E-state index is 0.167. The van der Waals surface area contributed by atoms with Crippen LogP contribution in [0.25, 0.3) is 0 Å². The molecule has 20 heavy (non-hydrogen) atoms. The van der Waals surface area contributed by atoms with E-state index < -0.39 is 0 Å². The molecule has 3 heteroatoms. The van der Waals surface area contributed by atoms with Crippen molar-refractivity contribution >= 4 is 0 Å². The normalized spacial score (nSPS) is 29.1. The lowest BCUT2D eigenvalue weighted by Crippen LogP contribution is -2.27. The van der Waals surface area contributed by atoms with Crippen molar-refractivity contribution in [1.29, 1.82) is 0 Å². The summed E-state index contributed by atoms with van der Waals surface area (Å²) in [7, 11) is 0. The van der Waals surface area contributed by atoms with Crippen molar-refractivity contribution in [2.45, 2.75) is 6.04 Å². The third-order valence-corrected chi connectivity index (χ3v) is 4.79. The third kappa shape index (κ3) is 2.17. The fourth-order valence-corrected chi connectivity index (χ4v) is 3.59. The highest BCUT2D eigenvalue weighted by Gasteiger charge is 2.52. The molecule has 1 saturated carbocycles. The smallest absolute Gasteiger partial charge is 0.125 e. The van der Waals surface area contributed by atoms with Gasteiger partial charge in [-0.2, -0.15) is 0 Å². The van der Waals surface area contributed by atoms with E-state index in [2.05, 4.69) is 47.0 Å². The molecule has 2 aliphatic rings. The summed E-state index contributed by atoms with van der Waals surface area (Å²) < 4.78 is 5.62. The Kier molecular flexibility index (Phi) is 3.09. The Hall–Kier alpha value is -1.58. The van der Waals surface area contributed by atoms with Gasteiger partial charge in [0.15, 0.2) is 0 Å². The first-order chi connectivity index (χ1) is 9.93. The first-order valence-electron chi connectivity index (χ1n) is 7.46. The maximum Gasteiger partial charge on any atom is 0.125 e. The van der Waals surface area contributed by atoms with Crippen LogP contribution in [-0.4, -0.2) is 19.6 Å². The molecule has 0 bridgehead atoms. The van der Waals surface area contributed by atoms with Gasteiger partial charge in [0.1, 0.15) is 5.76 Å². The van der Waals surface area contributed by atoms with Gasteiger partial charge in [-0.05, 0) is 55.1 Å². The third-order valence-electron chi connectivity index (χ3n) is 4.79. The zero-order chi connectivity index (χ0) is 13.4. The van der Waals surface area contributed by atoms with Crippen LogP contribution in [0.5, 0.6) is 0 Å². The Morgan fingerprint density at radius 1 is 1.10 bits per heavy atom. The number of piperidine rings is 1. The monoisotopic (exact) mass is 268 g/mol. The van der Waals surface area contributed by atoms with E-state index in [0.29, 0.717) is 0 Å². The SMILES string of the molecule is c1ccc(C(NCC2[C@H]3CNC[C@@H]23)c2ccco2)cc1. The Balaban J connectivity index is 1.48. The lowest BCUT2D eigenvalue weighted by molar-refractivity contribution is 0.429. The van der Waals surface area contributed by atoms with Gasteiger partial charge in [0.2, 0.25) is 0 Å². The second-order valence-electron chi connectivity index (χ2n) is 5.92. The van der Waals surface area contributed by atoms with E-state index in [1.54, 1.807) is 6.26 Å². The van der Waals surface area contributed by atoms with E-state index in [4.69, 9.17) is 4.42 Å². The van der Waals surface area contributed by atoms with E-state index >= 15 is 0 Å². The van der Waals surface area contributed by atoms with Gasteiger partial charge < -0.3 is 15.1 Å². The minimum Gasteiger partial charge on any atom is -0.467 e. The van der Waals surface area contributed by atoms with Crippen molar-refractivity contribution in [1.82, 2.24) is 10.6 Å². The number of rotatable bonds is 5. The van der Waals surface area contributed by atoms with Gasteiger partial charge in [-0.15, -0.1) is 0 Å². The Labute approximate surface area is 119 Å². The number of hydrogen-bond donors (Lipinski definition) is 2. The summed E-state index contributed by atoms with van der Waals surface area (Å²) in [5.41, 5.74) is 1.27. The predicted molar refractivity (Wildman–Crippen MR) is 78.3 cm³/mol. The van der Waals surface area contributed by atoms with Gasteiger partial charge in [-0.3, -0.25) is 0 Å². The van der Waals surface area contributed by atoms with Crippen molar-refractivity contribution in [3.8, 4) is 0 Å². The first-order valence-corrected chi connectivity index (χ1v) is 7.46. The second kappa shape index (κ2) is 5.08. The number of benzene rings is 1. The molecule has 1 aliphatic heterocycles. The largest absolute Gasteiger partial charge is 0.467 e. The predicted octanol–water partition coefficient (Wildman–Crippen LogP) is 2.42. The average molecular weight is 268 g/mol. The maximum absolute atomic E-state index is 5.62. The highest BCUT2D eigenvalue weighted by molar-refractivity contribution is 5.26. The Morgan fingerprint density at radius 3 is 2.60 bits per heavy atom. The summed E-state index contributed by atoms with van der Waals surface area (Å²) in [6.07, 6.45) is 1.75. The summed E-state index contributed by atoms with van der Waals surface area (Å²) in [5.74, 6) is 3.64. The fourth-order valence-electron chi connectivity index (χ4n) is 3.59. The molecule has 1 aromatic heterocycles. The lowest BCUT2D eigenvalue weighted by atomic mass is 10.0. The Bertz CT molecular complexity index is 542. The van der Waals surface area contributed by atoms with E-state index in [0.717, 1.165) is 30.1 Å². The number of nitrogens with one attached hydrogen (secondary N) is 2. The van der Waals surface area contributed by atoms with Crippen LogP contribution in [0.3, 0.4) is 0 Å². The molecule has 2 heterocycles. The first kappa shape index (κ1) is 12.2. The molecule has 104 valence electrons. The zero-order valence-corrected chi connectivity index (χ0v) is 11.5. The van der Waals surface area contributed by atoms with Crippen LogP contribution in [-0.2, 0) is 0 Å². The number of fused-ring (bicyclic) bond motifs is 1. The number of furan rings is 1. The van der Waals surface area contributed by atoms with Crippen molar-refractivity contribution in [3.05, 3.63) is 60.1 Å². The van der Waals surface area contributed by atoms with Crippen molar-refractivity contribution in [3.63, 3.8) is 0 Å². The van der Waals surface area contributed by atoms with Crippen molar-refractivity contribution in [2.24, 2.45) is 17.8 Å². The van der Waals surface area contributed by atoms with Crippen LogP contribution in [0.2, 0.25) is 0 Å². The average Bonchev–Trinajstić information content (AvgIpc) is 2.96. The quantitative estimate of drug-likeness (QED) is 0.874. The van der Waals surface area contributed by atoms with Crippen LogP contribution in [0.15, 0.2) is 53.1 Å². The topological polar surface area (TPSA) is 37.2 Å². The van der Waals surface area contributed by atoms with E-state index in [1.807, 2.05) is 6.07 Å².